The van der Waals surface area contributed by atoms with Crippen LogP contribution < -0.4 is 0 Å². The van der Waals surface area contributed by atoms with E-state index in [4.69, 9.17) is 5.11 Å². The van der Waals surface area contributed by atoms with E-state index in [0.29, 0.717) is 6.54 Å². The van der Waals surface area contributed by atoms with Gasteiger partial charge in [-0.05, 0) is 0 Å². The van der Waals surface area contributed by atoms with Crippen LogP contribution in [-0.4, -0.2) is 29.7 Å². The Labute approximate surface area is 51.9 Å². The number of hydrogen-bond acceptors (Lipinski definition) is 3. The average Bonchev–Trinajstić information content (AvgIpc) is 1.90. The second kappa shape index (κ2) is 2.39. The highest BCUT2D eigenvalue weighted by Crippen LogP contribution is 1.90. The van der Waals surface area contributed by atoms with Crippen LogP contribution in [0, 0.1) is 0 Å². The molecule has 4 heteroatoms. The van der Waals surface area contributed by atoms with E-state index in [-0.39, 0.29) is 5.84 Å². The zero-order valence-electron chi connectivity index (χ0n) is 4.74. The Hall–Kier alpha value is -1.19. The lowest BCUT2D eigenvalue weighted by molar-refractivity contribution is -0.129. The number of carboxylic acid groups (broad SMARTS) is 1. The zero-order valence-corrected chi connectivity index (χ0v) is 4.74. The molecule has 0 amide bonds. The molecule has 0 aromatic carbocycles. The van der Waals surface area contributed by atoms with Gasteiger partial charge in [0.15, 0.2) is 0 Å². The van der Waals surface area contributed by atoms with Crippen molar-refractivity contribution in [3.63, 3.8) is 0 Å². The number of carboxylic acids is 1. The van der Waals surface area contributed by atoms with Crippen LogP contribution >= 0.6 is 0 Å². The van der Waals surface area contributed by atoms with Gasteiger partial charge < -0.3 is 5.11 Å². The molecule has 0 aliphatic carbocycles. The van der Waals surface area contributed by atoms with Gasteiger partial charge in [-0.3, -0.25) is 4.99 Å². The smallest absolute Gasteiger partial charge is 0.373 e. The summed E-state index contributed by atoms with van der Waals surface area (Å²) in [5.41, 5.74) is 0. The van der Waals surface area contributed by atoms with E-state index in [9.17, 15) is 4.79 Å². The molecular formula is C5H6N2O2. The molecule has 0 bridgehead atoms. The first-order valence-corrected chi connectivity index (χ1v) is 2.61. The minimum absolute atomic E-state index is 0.0822. The highest BCUT2D eigenvalue weighted by molar-refractivity contribution is 6.36. The summed E-state index contributed by atoms with van der Waals surface area (Å²) in [7, 11) is 0. The number of amidine groups is 1. The first-order valence-electron chi connectivity index (χ1n) is 2.61. The van der Waals surface area contributed by atoms with E-state index < -0.39 is 5.97 Å². The molecule has 0 fully saturated rings. The molecule has 0 radical (unpaired) electrons. The maximum absolute atomic E-state index is 10.1. The first kappa shape index (κ1) is 5.94. The predicted octanol–water partition coefficient (Wildman–Crippen LogP) is -0.0560. The molecule has 0 saturated heterocycles. The van der Waals surface area contributed by atoms with Crippen LogP contribution in [0.25, 0.3) is 0 Å². The minimum Gasteiger partial charge on any atom is -0.475 e. The van der Waals surface area contributed by atoms with Gasteiger partial charge in [0, 0.05) is 19.2 Å². The standard InChI is InChI=1S/C5H6N2O2/c8-5(9)4-6-2-1-3-7-4/h2H,1,3H2,(H,8,9). The van der Waals surface area contributed by atoms with E-state index in [0.717, 1.165) is 6.42 Å². The molecule has 0 atom stereocenters. The van der Waals surface area contributed by atoms with Crippen LogP contribution in [0.5, 0.6) is 0 Å². The van der Waals surface area contributed by atoms with Crippen molar-refractivity contribution in [2.24, 2.45) is 9.98 Å². The number of aliphatic imine (C=N–C) groups is 2. The predicted molar refractivity (Wildman–Crippen MR) is 33.0 cm³/mol. The number of rotatable bonds is 1. The Morgan fingerprint density at radius 1 is 1.78 bits per heavy atom. The lowest BCUT2D eigenvalue weighted by Gasteiger charge is -1.97. The van der Waals surface area contributed by atoms with Gasteiger partial charge in [-0.25, -0.2) is 9.79 Å². The van der Waals surface area contributed by atoms with Crippen LogP contribution in [-0.2, 0) is 4.79 Å². The molecule has 1 heterocycles. The molecule has 0 saturated carbocycles. The van der Waals surface area contributed by atoms with Crippen LogP contribution in [0.3, 0.4) is 0 Å². The lowest BCUT2D eigenvalue weighted by atomic mass is 10.4. The fourth-order valence-electron chi connectivity index (χ4n) is 0.543. The van der Waals surface area contributed by atoms with E-state index >= 15 is 0 Å². The minimum atomic E-state index is -1.05. The molecule has 1 rings (SSSR count). The van der Waals surface area contributed by atoms with Gasteiger partial charge in [-0.1, -0.05) is 0 Å². The second-order valence-corrected chi connectivity index (χ2v) is 1.61. The summed E-state index contributed by atoms with van der Waals surface area (Å²) < 4.78 is 0. The van der Waals surface area contributed by atoms with Crippen LogP contribution in [0.1, 0.15) is 6.42 Å². The second-order valence-electron chi connectivity index (χ2n) is 1.61. The summed E-state index contributed by atoms with van der Waals surface area (Å²) >= 11 is 0. The zero-order chi connectivity index (χ0) is 6.69. The van der Waals surface area contributed by atoms with Crippen molar-refractivity contribution >= 4 is 18.0 Å². The van der Waals surface area contributed by atoms with Gasteiger partial charge in [0.1, 0.15) is 0 Å². The van der Waals surface area contributed by atoms with E-state index in [1.54, 1.807) is 6.21 Å². The Kier molecular flexibility index (Phi) is 1.58. The maximum Gasteiger partial charge on any atom is 0.373 e. The third-order valence-corrected chi connectivity index (χ3v) is 0.925. The molecule has 0 aromatic heterocycles. The maximum atomic E-state index is 10.1. The summed E-state index contributed by atoms with van der Waals surface area (Å²) in [4.78, 5) is 17.3. The fraction of sp³-hybridized carbons (Fsp3) is 0.400. The monoisotopic (exact) mass is 126 g/mol. The van der Waals surface area contributed by atoms with Crippen molar-refractivity contribution in [2.75, 3.05) is 6.54 Å². The molecule has 0 spiro atoms. The molecule has 1 N–H and O–H groups in total. The molecule has 0 unspecified atom stereocenters. The largest absolute Gasteiger partial charge is 0.475 e. The number of aliphatic carboxylic acids is 1. The van der Waals surface area contributed by atoms with Crippen molar-refractivity contribution in [1.82, 2.24) is 0 Å². The first-order chi connectivity index (χ1) is 4.30. The topological polar surface area (TPSA) is 62.0 Å². The summed E-state index contributed by atoms with van der Waals surface area (Å²) in [6.45, 7) is 0.547. The molecule has 1 aliphatic rings. The molecular weight excluding hydrogens is 120 g/mol. The highest BCUT2D eigenvalue weighted by Gasteiger charge is 2.07. The van der Waals surface area contributed by atoms with Crippen molar-refractivity contribution < 1.29 is 9.90 Å². The van der Waals surface area contributed by atoms with Gasteiger partial charge in [0.25, 0.3) is 0 Å². The Balaban J connectivity index is 2.69. The van der Waals surface area contributed by atoms with Gasteiger partial charge in [0.05, 0.1) is 0 Å². The molecule has 48 valence electrons. The van der Waals surface area contributed by atoms with Crippen molar-refractivity contribution in [3.05, 3.63) is 0 Å². The van der Waals surface area contributed by atoms with E-state index in [1.807, 2.05) is 0 Å². The van der Waals surface area contributed by atoms with Crippen molar-refractivity contribution in [1.29, 1.82) is 0 Å². The van der Waals surface area contributed by atoms with Crippen LogP contribution in [0.15, 0.2) is 9.98 Å². The average molecular weight is 126 g/mol. The molecule has 1 aliphatic heterocycles. The normalized spacial score (nSPS) is 17.1. The van der Waals surface area contributed by atoms with Gasteiger partial charge >= 0.3 is 5.97 Å². The number of carbonyl (C=O) groups is 1. The number of nitrogens with zero attached hydrogens (tertiary/aromatic N) is 2. The van der Waals surface area contributed by atoms with Crippen molar-refractivity contribution in [2.45, 2.75) is 6.42 Å². The van der Waals surface area contributed by atoms with Crippen LogP contribution in [0.4, 0.5) is 0 Å². The van der Waals surface area contributed by atoms with Gasteiger partial charge in [-0.2, -0.15) is 0 Å². The van der Waals surface area contributed by atoms with Gasteiger partial charge in [-0.15, -0.1) is 0 Å². The van der Waals surface area contributed by atoms with Gasteiger partial charge in [0.2, 0.25) is 5.84 Å². The van der Waals surface area contributed by atoms with E-state index in [2.05, 4.69) is 9.98 Å². The summed E-state index contributed by atoms with van der Waals surface area (Å²) in [6.07, 6.45) is 2.31. The third-order valence-electron chi connectivity index (χ3n) is 0.925. The Morgan fingerprint density at radius 3 is 2.89 bits per heavy atom. The van der Waals surface area contributed by atoms with E-state index in [1.165, 1.54) is 0 Å². The fourth-order valence-corrected chi connectivity index (χ4v) is 0.543. The SMILES string of the molecule is O=C(O)C1=NCCC=N1. The third kappa shape index (κ3) is 1.35. The highest BCUT2D eigenvalue weighted by atomic mass is 16.4. The molecule has 9 heavy (non-hydrogen) atoms. The quantitative estimate of drug-likeness (QED) is 0.535. The summed E-state index contributed by atoms with van der Waals surface area (Å²) in [5, 5.41) is 8.29. The van der Waals surface area contributed by atoms with Crippen LogP contribution in [0.2, 0.25) is 0 Å². The molecule has 0 aromatic rings. The van der Waals surface area contributed by atoms with Crippen molar-refractivity contribution in [3.8, 4) is 0 Å². The summed E-state index contributed by atoms with van der Waals surface area (Å²) in [6, 6.07) is 0. The molecule has 4 nitrogen and oxygen atoms in total. The Bertz CT molecular complexity index is 183. The lowest BCUT2D eigenvalue weighted by Crippen LogP contribution is -2.13. The summed E-state index contributed by atoms with van der Waals surface area (Å²) in [5.74, 6) is -1.13. The number of hydrogen-bond donors (Lipinski definition) is 1. The Morgan fingerprint density at radius 2 is 2.56 bits per heavy atom.